The fraction of sp³-hybridized carbons (Fsp3) is 0.750. The smallest absolute Gasteiger partial charge is 0.214 e. The van der Waals surface area contributed by atoms with E-state index in [1.165, 1.54) is 0 Å². The Labute approximate surface area is 114 Å². The van der Waals surface area contributed by atoms with Gasteiger partial charge in [0.2, 0.25) is 10.0 Å². The summed E-state index contributed by atoms with van der Waals surface area (Å²) in [5.41, 5.74) is 3.14. The highest BCUT2D eigenvalue weighted by Gasteiger charge is 2.27. The third-order valence-electron chi connectivity index (χ3n) is 3.50. The van der Waals surface area contributed by atoms with E-state index in [0.29, 0.717) is 19.5 Å². The van der Waals surface area contributed by atoms with E-state index in [2.05, 4.69) is 15.1 Å². The number of hydrogen-bond donors (Lipinski definition) is 1. The Morgan fingerprint density at radius 3 is 2.32 bits per heavy atom. The third kappa shape index (κ3) is 2.92. The standard InChI is InChI=1S/C12H22N4O2S/c1-4-9-19(17,18)16-7-5-15(6-8-16)12-10(2)13-14-11(12)3/h4-9H2,1-3H3,(H,13,14). The first-order chi connectivity index (χ1) is 8.95. The Balaban J connectivity index is 2.04. The lowest BCUT2D eigenvalue weighted by Crippen LogP contribution is -2.49. The molecule has 1 aliphatic rings. The molecule has 19 heavy (non-hydrogen) atoms. The van der Waals surface area contributed by atoms with Crippen molar-refractivity contribution in [3.05, 3.63) is 11.4 Å². The molecule has 2 heterocycles. The highest BCUT2D eigenvalue weighted by Crippen LogP contribution is 2.23. The van der Waals surface area contributed by atoms with Crippen LogP contribution in [-0.2, 0) is 10.0 Å². The van der Waals surface area contributed by atoms with Crippen molar-refractivity contribution in [3.63, 3.8) is 0 Å². The Morgan fingerprint density at radius 2 is 1.84 bits per heavy atom. The van der Waals surface area contributed by atoms with Crippen molar-refractivity contribution in [1.82, 2.24) is 14.5 Å². The second-order valence-electron chi connectivity index (χ2n) is 4.98. The lowest BCUT2D eigenvalue weighted by Gasteiger charge is -2.35. The molecule has 1 N–H and O–H groups in total. The Hall–Kier alpha value is -1.08. The predicted octanol–water partition coefficient (Wildman–Crippen LogP) is 0.888. The SMILES string of the molecule is CCCS(=O)(=O)N1CCN(c2c(C)n[nH]c2C)CC1. The minimum Gasteiger partial charge on any atom is -0.366 e. The van der Waals surface area contributed by atoms with E-state index in [-0.39, 0.29) is 5.75 Å². The maximum absolute atomic E-state index is 12.0. The van der Waals surface area contributed by atoms with Crippen molar-refractivity contribution in [2.24, 2.45) is 0 Å². The maximum atomic E-state index is 12.0. The summed E-state index contributed by atoms with van der Waals surface area (Å²) < 4.78 is 25.6. The summed E-state index contributed by atoms with van der Waals surface area (Å²) in [6, 6.07) is 0. The number of H-pyrrole nitrogens is 1. The largest absolute Gasteiger partial charge is 0.366 e. The van der Waals surface area contributed by atoms with Crippen LogP contribution in [0, 0.1) is 13.8 Å². The van der Waals surface area contributed by atoms with Gasteiger partial charge in [0.15, 0.2) is 0 Å². The van der Waals surface area contributed by atoms with Crippen LogP contribution in [0.5, 0.6) is 0 Å². The van der Waals surface area contributed by atoms with Gasteiger partial charge in [0.25, 0.3) is 0 Å². The number of anilines is 1. The number of aryl methyl sites for hydroxylation is 2. The lowest BCUT2D eigenvalue weighted by atomic mass is 10.2. The molecule has 0 aliphatic carbocycles. The molecular formula is C12H22N4O2S. The van der Waals surface area contributed by atoms with Crippen LogP contribution < -0.4 is 4.90 Å². The summed E-state index contributed by atoms with van der Waals surface area (Å²) in [6.07, 6.45) is 0.669. The normalized spacial score (nSPS) is 17.9. The van der Waals surface area contributed by atoms with Crippen molar-refractivity contribution < 1.29 is 8.42 Å². The summed E-state index contributed by atoms with van der Waals surface area (Å²) in [4.78, 5) is 2.21. The monoisotopic (exact) mass is 286 g/mol. The minimum atomic E-state index is -3.06. The van der Waals surface area contributed by atoms with Gasteiger partial charge in [0.1, 0.15) is 0 Å². The molecule has 1 fully saturated rings. The number of nitrogens with zero attached hydrogens (tertiary/aromatic N) is 3. The predicted molar refractivity (Wildman–Crippen MR) is 75.9 cm³/mol. The van der Waals surface area contributed by atoms with Gasteiger partial charge in [-0.3, -0.25) is 5.10 Å². The van der Waals surface area contributed by atoms with E-state index >= 15 is 0 Å². The van der Waals surface area contributed by atoms with Crippen molar-refractivity contribution in [2.45, 2.75) is 27.2 Å². The molecule has 0 radical (unpaired) electrons. The van der Waals surface area contributed by atoms with Crippen LogP contribution in [0.25, 0.3) is 0 Å². The van der Waals surface area contributed by atoms with Crippen molar-refractivity contribution >= 4 is 15.7 Å². The Morgan fingerprint density at radius 1 is 1.21 bits per heavy atom. The van der Waals surface area contributed by atoms with Gasteiger partial charge in [-0.15, -0.1) is 0 Å². The highest BCUT2D eigenvalue weighted by molar-refractivity contribution is 7.89. The average molecular weight is 286 g/mol. The molecule has 1 aromatic heterocycles. The first-order valence-corrected chi connectivity index (χ1v) is 8.31. The van der Waals surface area contributed by atoms with Gasteiger partial charge < -0.3 is 4.90 Å². The zero-order valence-corrected chi connectivity index (χ0v) is 12.6. The molecule has 0 spiro atoms. The second kappa shape index (κ2) is 5.50. The van der Waals surface area contributed by atoms with Crippen LogP contribution in [0.15, 0.2) is 0 Å². The number of aromatic amines is 1. The first kappa shape index (κ1) is 14.3. The fourth-order valence-corrected chi connectivity index (χ4v) is 4.08. The summed E-state index contributed by atoms with van der Waals surface area (Å²) in [6.45, 7) is 8.44. The fourth-order valence-electron chi connectivity index (χ4n) is 2.59. The number of rotatable bonds is 4. The third-order valence-corrected chi connectivity index (χ3v) is 5.58. The van der Waals surface area contributed by atoms with Gasteiger partial charge in [-0.1, -0.05) is 6.92 Å². The zero-order chi connectivity index (χ0) is 14.0. The van der Waals surface area contributed by atoms with E-state index in [1.54, 1.807) is 4.31 Å². The van der Waals surface area contributed by atoms with E-state index in [9.17, 15) is 8.42 Å². The van der Waals surface area contributed by atoms with Crippen molar-refractivity contribution in [2.75, 3.05) is 36.8 Å². The summed E-state index contributed by atoms with van der Waals surface area (Å²) in [5.74, 6) is 0.247. The van der Waals surface area contributed by atoms with Gasteiger partial charge in [-0.05, 0) is 20.3 Å². The van der Waals surface area contributed by atoms with Crippen LogP contribution in [-0.4, -0.2) is 54.9 Å². The van der Waals surface area contributed by atoms with Crippen molar-refractivity contribution in [3.8, 4) is 0 Å². The zero-order valence-electron chi connectivity index (χ0n) is 11.8. The number of aromatic nitrogens is 2. The summed E-state index contributed by atoms with van der Waals surface area (Å²) in [7, 11) is -3.06. The average Bonchev–Trinajstić information content (AvgIpc) is 2.69. The number of hydrogen-bond acceptors (Lipinski definition) is 4. The van der Waals surface area contributed by atoms with E-state index in [4.69, 9.17) is 0 Å². The lowest BCUT2D eigenvalue weighted by molar-refractivity contribution is 0.384. The topological polar surface area (TPSA) is 69.3 Å². The van der Waals surface area contributed by atoms with Crippen LogP contribution in [0.2, 0.25) is 0 Å². The molecule has 1 saturated heterocycles. The number of sulfonamides is 1. The van der Waals surface area contributed by atoms with Crippen LogP contribution in [0.1, 0.15) is 24.7 Å². The molecule has 0 unspecified atom stereocenters. The van der Waals surface area contributed by atoms with Gasteiger partial charge >= 0.3 is 0 Å². The second-order valence-corrected chi connectivity index (χ2v) is 7.07. The molecule has 0 amide bonds. The molecule has 1 aliphatic heterocycles. The summed E-state index contributed by atoms with van der Waals surface area (Å²) in [5, 5.41) is 7.16. The van der Waals surface area contributed by atoms with Gasteiger partial charge in [0, 0.05) is 26.2 Å². The number of piperazine rings is 1. The van der Waals surface area contributed by atoms with E-state index < -0.39 is 10.0 Å². The molecule has 7 heteroatoms. The first-order valence-electron chi connectivity index (χ1n) is 6.70. The molecule has 6 nitrogen and oxygen atoms in total. The Bertz CT molecular complexity index is 510. The summed E-state index contributed by atoms with van der Waals surface area (Å²) >= 11 is 0. The maximum Gasteiger partial charge on any atom is 0.214 e. The minimum absolute atomic E-state index is 0.247. The molecule has 2 rings (SSSR count). The van der Waals surface area contributed by atoms with Crippen LogP contribution >= 0.6 is 0 Å². The van der Waals surface area contributed by atoms with E-state index in [0.717, 1.165) is 30.2 Å². The van der Waals surface area contributed by atoms with Gasteiger partial charge in [-0.2, -0.15) is 9.40 Å². The Kier molecular flexibility index (Phi) is 4.15. The molecular weight excluding hydrogens is 264 g/mol. The van der Waals surface area contributed by atoms with Crippen LogP contribution in [0.3, 0.4) is 0 Å². The van der Waals surface area contributed by atoms with Gasteiger partial charge in [-0.25, -0.2) is 8.42 Å². The van der Waals surface area contributed by atoms with Crippen molar-refractivity contribution in [1.29, 1.82) is 0 Å². The van der Waals surface area contributed by atoms with Gasteiger partial charge in [0.05, 0.1) is 22.8 Å². The highest BCUT2D eigenvalue weighted by atomic mass is 32.2. The molecule has 0 saturated carbocycles. The molecule has 0 aromatic carbocycles. The quantitative estimate of drug-likeness (QED) is 0.892. The molecule has 0 bridgehead atoms. The van der Waals surface area contributed by atoms with E-state index in [1.807, 2.05) is 20.8 Å². The molecule has 108 valence electrons. The molecule has 0 atom stereocenters. The van der Waals surface area contributed by atoms with Crippen LogP contribution in [0.4, 0.5) is 5.69 Å². The number of nitrogens with one attached hydrogen (secondary N) is 1. The molecule has 1 aromatic rings.